The van der Waals surface area contributed by atoms with E-state index >= 15 is 0 Å². The van der Waals surface area contributed by atoms with Gasteiger partial charge in [-0.15, -0.1) is 11.3 Å². The molecule has 4 rings (SSSR count). The Labute approximate surface area is 146 Å². The number of anilines is 1. The van der Waals surface area contributed by atoms with Crippen molar-refractivity contribution in [1.82, 2.24) is 14.5 Å². The highest BCUT2D eigenvalue weighted by Crippen LogP contribution is 2.31. The molecule has 1 aliphatic heterocycles. The van der Waals surface area contributed by atoms with Gasteiger partial charge in [-0.2, -0.15) is 0 Å². The van der Waals surface area contributed by atoms with Crippen LogP contribution in [0.1, 0.15) is 37.0 Å². The molecule has 0 bridgehead atoms. The van der Waals surface area contributed by atoms with Crippen LogP contribution in [0.2, 0.25) is 0 Å². The van der Waals surface area contributed by atoms with Crippen molar-refractivity contribution in [1.29, 1.82) is 0 Å². The third-order valence-corrected chi connectivity index (χ3v) is 5.54. The first kappa shape index (κ1) is 15.4. The highest BCUT2D eigenvalue weighted by molar-refractivity contribution is 7.14. The van der Waals surface area contributed by atoms with E-state index in [1.807, 2.05) is 6.07 Å². The molecule has 0 amide bonds. The van der Waals surface area contributed by atoms with Gasteiger partial charge in [0.2, 0.25) is 0 Å². The van der Waals surface area contributed by atoms with E-state index in [-0.39, 0.29) is 0 Å². The first-order valence-electron chi connectivity index (χ1n) is 8.43. The van der Waals surface area contributed by atoms with Crippen LogP contribution in [0.5, 0.6) is 0 Å². The zero-order chi connectivity index (χ0) is 16.7. The first-order chi connectivity index (χ1) is 11.6. The molecule has 24 heavy (non-hydrogen) atoms. The third-order valence-electron chi connectivity index (χ3n) is 4.64. The Morgan fingerprint density at radius 2 is 1.92 bits per heavy atom. The minimum absolute atomic E-state index is 0.457. The Balaban J connectivity index is 1.59. The number of nitrogens with zero attached hydrogens (tertiary/aromatic N) is 4. The largest absolute Gasteiger partial charge is 0.342 e. The Morgan fingerprint density at radius 1 is 1.12 bits per heavy atom. The molecule has 0 N–H and O–H groups in total. The molecule has 3 aromatic rings. The van der Waals surface area contributed by atoms with Crippen molar-refractivity contribution in [3.63, 3.8) is 0 Å². The molecule has 0 atom stereocenters. The van der Waals surface area contributed by atoms with Gasteiger partial charge in [-0.25, -0.2) is 9.97 Å². The van der Waals surface area contributed by atoms with Gasteiger partial charge in [0.15, 0.2) is 5.13 Å². The molecule has 0 aliphatic carbocycles. The summed E-state index contributed by atoms with van der Waals surface area (Å²) in [5, 5.41) is 3.24. The van der Waals surface area contributed by atoms with Crippen LogP contribution in [-0.4, -0.2) is 21.1 Å². The van der Waals surface area contributed by atoms with Crippen molar-refractivity contribution < 1.29 is 0 Å². The fourth-order valence-electron chi connectivity index (χ4n) is 3.38. The topological polar surface area (TPSA) is 34.0 Å². The van der Waals surface area contributed by atoms with E-state index in [2.05, 4.69) is 60.0 Å². The third kappa shape index (κ3) is 2.63. The average Bonchev–Trinajstić information content (AvgIpc) is 3.21. The van der Waals surface area contributed by atoms with Crippen molar-refractivity contribution >= 4 is 16.5 Å². The molecule has 0 spiro atoms. The molecule has 1 aliphatic rings. The monoisotopic (exact) mass is 338 g/mol. The highest BCUT2D eigenvalue weighted by atomic mass is 32.1. The zero-order valence-corrected chi connectivity index (χ0v) is 15.2. The second-order valence-corrected chi connectivity index (χ2v) is 7.47. The number of rotatable bonds is 3. The number of fused-ring (bicyclic) bond motifs is 1. The summed E-state index contributed by atoms with van der Waals surface area (Å²) in [7, 11) is 2.15. The summed E-state index contributed by atoms with van der Waals surface area (Å²) in [6, 6.07) is 10.4. The van der Waals surface area contributed by atoms with Gasteiger partial charge in [0, 0.05) is 42.6 Å². The van der Waals surface area contributed by atoms with E-state index < -0.39 is 0 Å². The fourth-order valence-corrected chi connectivity index (χ4v) is 4.24. The van der Waals surface area contributed by atoms with Crippen LogP contribution in [0.3, 0.4) is 0 Å². The van der Waals surface area contributed by atoms with Crippen molar-refractivity contribution in [3.05, 3.63) is 52.9 Å². The lowest BCUT2D eigenvalue weighted by Crippen LogP contribution is -2.31. The average molecular weight is 338 g/mol. The lowest BCUT2D eigenvalue weighted by Gasteiger charge is -2.26. The Bertz CT molecular complexity index is 848. The van der Waals surface area contributed by atoms with Gasteiger partial charge in [-0.05, 0) is 0 Å². The van der Waals surface area contributed by atoms with Gasteiger partial charge in [0.05, 0.1) is 17.9 Å². The molecule has 0 fully saturated rings. The van der Waals surface area contributed by atoms with E-state index in [4.69, 9.17) is 9.97 Å². The second-order valence-electron chi connectivity index (χ2n) is 6.63. The quantitative estimate of drug-likeness (QED) is 0.717. The smallest absolute Gasteiger partial charge is 0.186 e. The van der Waals surface area contributed by atoms with E-state index in [9.17, 15) is 0 Å². The molecule has 0 unspecified atom stereocenters. The fraction of sp³-hybridized carbons (Fsp3) is 0.368. The van der Waals surface area contributed by atoms with E-state index in [0.29, 0.717) is 5.92 Å². The minimum atomic E-state index is 0.457. The number of hydrogen-bond acceptors (Lipinski definition) is 4. The lowest BCUT2D eigenvalue weighted by molar-refractivity contribution is 0.662. The lowest BCUT2D eigenvalue weighted by atomic mass is 10.1. The number of thiazole rings is 1. The van der Waals surface area contributed by atoms with Gasteiger partial charge < -0.3 is 9.47 Å². The van der Waals surface area contributed by atoms with Crippen molar-refractivity contribution in [2.75, 3.05) is 11.4 Å². The molecule has 5 heteroatoms. The molecule has 0 radical (unpaired) electrons. The van der Waals surface area contributed by atoms with Crippen molar-refractivity contribution in [2.24, 2.45) is 7.05 Å². The number of imidazole rings is 1. The van der Waals surface area contributed by atoms with Crippen LogP contribution in [-0.2, 0) is 20.0 Å². The highest BCUT2D eigenvalue weighted by Gasteiger charge is 2.25. The van der Waals surface area contributed by atoms with Gasteiger partial charge in [-0.3, -0.25) is 0 Å². The minimum Gasteiger partial charge on any atom is -0.342 e. The Morgan fingerprint density at radius 3 is 2.67 bits per heavy atom. The first-order valence-corrected chi connectivity index (χ1v) is 9.31. The van der Waals surface area contributed by atoms with E-state index in [1.54, 1.807) is 11.3 Å². The van der Waals surface area contributed by atoms with E-state index in [1.165, 1.54) is 22.8 Å². The standard InChI is InChI=1S/C19H22N4S/c1-13(2)18-20-15-11-23(10-9-17(15)22(18)3)19-21-16(12-24-19)14-7-5-4-6-8-14/h4-8,12-13H,9-11H2,1-3H3. The van der Waals surface area contributed by atoms with Crippen LogP contribution in [0, 0.1) is 0 Å². The molecular weight excluding hydrogens is 316 g/mol. The maximum Gasteiger partial charge on any atom is 0.186 e. The van der Waals surface area contributed by atoms with Gasteiger partial charge in [0.25, 0.3) is 0 Å². The number of benzene rings is 1. The van der Waals surface area contributed by atoms with Crippen LogP contribution >= 0.6 is 11.3 Å². The molecule has 1 aromatic carbocycles. The summed E-state index contributed by atoms with van der Waals surface area (Å²) >= 11 is 1.72. The predicted octanol–water partition coefficient (Wildman–Crippen LogP) is 4.23. The molecular formula is C19H22N4S. The SMILES string of the molecule is CC(C)c1nc2c(n1C)CCN(c1nc(-c3ccccc3)cs1)C2. The Hall–Kier alpha value is -2.14. The maximum atomic E-state index is 4.89. The van der Waals surface area contributed by atoms with Crippen LogP contribution in [0.25, 0.3) is 11.3 Å². The summed E-state index contributed by atoms with van der Waals surface area (Å²) in [5.41, 5.74) is 4.83. The second kappa shape index (κ2) is 6.06. The molecule has 4 nitrogen and oxygen atoms in total. The molecule has 3 heterocycles. The van der Waals surface area contributed by atoms with Crippen molar-refractivity contribution in [3.8, 4) is 11.3 Å². The summed E-state index contributed by atoms with van der Waals surface area (Å²) in [4.78, 5) is 12.1. The summed E-state index contributed by atoms with van der Waals surface area (Å²) in [6.45, 7) is 6.28. The maximum absolute atomic E-state index is 4.89. The summed E-state index contributed by atoms with van der Waals surface area (Å²) < 4.78 is 2.29. The number of hydrogen-bond donors (Lipinski definition) is 0. The van der Waals surface area contributed by atoms with Crippen molar-refractivity contribution in [2.45, 2.75) is 32.7 Å². The Kier molecular flexibility index (Phi) is 3.88. The molecule has 124 valence electrons. The van der Waals surface area contributed by atoms with Crippen LogP contribution in [0.4, 0.5) is 5.13 Å². The number of aromatic nitrogens is 3. The predicted molar refractivity (Wildman–Crippen MR) is 99.6 cm³/mol. The normalized spacial score (nSPS) is 14.2. The zero-order valence-electron chi connectivity index (χ0n) is 14.4. The van der Waals surface area contributed by atoms with Crippen LogP contribution < -0.4 is 4.90 Å². The van der Waals surface area contributed by atoms with Gasteiger partial charge >= 0.3 is 0 Å². The molecule has 0 saturated carbocycles. The van der Waals surface area contributed by atoms with E-state index in [0.717, 1.165) is 30.3 Å². The van der Waals surface area contributed by atoms with Crippen LogP contribution in [0.15, 0.2) is 35.7 Å². The van der Waals surface area contributed by atoms with Gasteiger partial charge in [0.1, 0.15) is 5.82 Å². The molecule has 0 saturated heterocycles. The summed E-state index contributed by atoms with van der Waals surface area (Å²) in [5.74, 6) is 1.64. The van der Waals surface area contributed by atoms with Gasteiger partial charge in [-0.1, -0.05) is 44.2 Å². The molecule has 2 aromatic heterocycles. The summed E-state index contributed by atoms with van der Waals surface area (Å²) in [6.07, 6.45) is 1.03.